The third kappa shape index (κ3) is 14.6. The van der Waals surface area contributed by atoms with E-state index in [2.05, 4.69) is 28.7 Å². The standard InChI is InChI=1S/C46H47N3O11/c1-3-42(50)56-29-13-7-5-11-27-54-36-21-17-33(18-22-36)44(52)58-38-25-26-40(35(31-38)32-47-49-46-48-39-15-9-10-16-41(39)60-46)59-45(53)34-19-23-37(24-20-34)55-28-12-6-8-14-30-57-43(51)4-2/h3-4,9-10,15-26,31-32H,1-2,5-8,11-14,27-30H2,(H,48,49)/b47-32+. The van der Waals surface area contributed by atoms with Gasteiger partial charge in [0.2, 0.25) is 0 Å². The fourth-order valence-corrected chi connectivity index (χ4v) is 5.52. The predicted molar refractivity (Wildman–Crippen MR) is 225 cm³/mol. The van der Waals surface area contributed by atoms with E-state index in [1.807, 2.05) is 12.1 Å². The van der Waals surface area contributed by atoms with E-state index in [-0.39, 0.29) is 23.1 Å². The van der Waals surface area contributed by atoms with Crippen molar-refractivity contribution in [1.29, 1.82) is 0 Å². The molecule has 5 rings (SSSR count). The fourth-order valence-electron chi connectivity index (χ4n) is 5.52. The Morgan fingerprint density at radius 1 is 0.617 bits per heavy atom. The van der Waals surface area contributed by atoms with Gasteiger partial charge in [-0.3, -0.25) is 0 Å². The maximum Gasteiger partial charge on any atom is 0.343 e. The zero-order chi connectivity index (χ0) is 42.4. The van der Waals surface area contributed by atoms with Crippen molar-refractivity contribution >= 4 is 47.2 Å². The van der Waals surface area contributed by atoms with E-state index < -0.39 is 23.9 Å². The average Bonchev–Trinajstić information content (AvgIpc) is 3.69. The molecule has 0 aliphatic rings. The molecule has 4 aromatic carbocycles. The second kappa shape index (κ2) is 23.9. The topological polar surface area (TPSA) is 174 Å². The number of hydrazone groups is 1. The van der Waals surface area contributed by atoms with Crippen LogP contribution in [0.5, 0.6) is 23.0 Å². The van der Waals surface area contributed by atoms with Crippen molar-refractivity contribution in [3.05, 3.63) is 133 Å². The van der Waals surface area contributed by atoms with E-state index in [0.29, 0.717) is 60.2 Å². The van der Waals surface area contributed by atoms with Crippen LogP contribution in [0, 0.1) is 0 Å². The first-order valence-electron chi connectivity index (χ1n) is 19.6. The highest BCUT2D eigenvalue weighted by molar-refractivity contribution is 5.94. The van der Waals surface area contributed by atoms with E-state index in [9.17, 15) is 19.2 Å². The lowest BCUT2D eigenvalue weighted by Crippen LogP contribution is -2.11. The summed E-state index contributed by atoms with van der Waals surface area (Å²) in [4.78, 5) is 52.9. The van der Waals surface area contributed by atoms with Crippen molar-refractivity contribution in [3.8, 4) is 23.0 Å². The van der Waals surface area contributed by atoms with Crippen LogP contribution in [-0.4, -0.2) is 61.5 Å². The van der Waals surface area contributed by atoms with Crippen molar-refractivity contribution in [1.82, 2.24) is 4.98 Å². The largest absolute Gasteiger partial charge is 0.494 e. The molecule has 0 spiro atoms. The van der Waals surface area contributed by atoms with E-state index in [4.69, 9.17) is 32.8 Å². The van der Waals surface area contributed by atoms with Crippen LogP contribution >= 0.6 is 0 Å². The number of esters is 4. The van der Waals surface area contributed by atoms with Gasteiger partial charge in [-0.1, -0.05) is 25.3 Å². The summed E-state index contributed by atoms with van der Waals surface area (Å²) in [5, 5.41) is 4.24. The molecular formula is C46H47N3O11. The third-order valence-corrected chi connectivity index (χ3v) is 8.67. The number of hydrogen-bond donors (Lipinski definition) is 1. The number of hydrogen-bond acceptors (Lipinski definition) is 14. The summed E-state index contributed by atoms with van der Waals surface area (Å²) >= 11 is 0. The fraction of sp³-hybridized carbons (Fsp3) is 0.261. The van der Waals surface area contributed by atoms with Crippen molar-refractivity contribution in [2.24, 2.45) is 5.10 Å². The van der Waals surface area contributed by atoms with Crippen molar-refractivity contribution in [3.63, 3.8) is 0 Å². The number of aromatic nitrogens is 1. The summed E-state index contributed by atoms with van der Waals surface area (Å²) in [7, 11) is 0. The number of anilines is 1. The van der Waals surface area contributed by atoms with E-state index in [1.165, 1.54) is 24.4 Å². The van der Waals surface area contributed by atoms with E-state index >= 15 is 0 Å². The molecule has 14 heteroatoms. The highest BCUT2D eigenvalue weighted by Gasteiger charge is 2.16. The maximum absolute atomic E-state index is 13.3. The number of oxazole rings is 1. The molecule has 0 fully saturated rings. The Morgan fingerprint density at radius 3 is 1.68 bits per heavy atom. The molecule has 1 heterocycles. The molecule has 0 atom stereocenters. The zero-order valence-corrected chi connectivity index (χ0v) is 33.2. The van der Waals surface area contributed by atoms with E-state index in [0.717, 1.165) is 63.5 Å². The predicted octanol–water partition coefficient (Wildman–Crippen LogP) is 9.05. The molecule has 1 aromatic heterocycles. The van der Waals surface area contributed by atoms with Gasteiger partial charge in [-0.25, -0.2) is 24.6 Å². The van der Waals surface area contributed by atoms with Gasteiger partial charge in [0, 0.05) is 17.7 Å². The first-order valence-corrected chi connectivity index (χ1v) is 19.6. The number of nitrogens with one attached hydrogen (secondary N) is 1. The lowest BCUT2D eigenvalue weighted by molar-refractivity contribution is -0.138. The molecule has 0 saturated heterocycles. The van der Waals surface area contributed by atoms with Crippen molar-refractivity contribution in [2.45, 2.75) is 51.4 Å². The molecule has 0 amide bonds. The van der Waals surface area contributed by atoms with Gasteiger partial charge < -0.3 is 32.8 Å². The van der Waals surface area contributed by atoms with Gasteiger partial charge >= 0.3 is 29.9 Å². The summed E-state index contributed by atoms with van der Waals surface area (Å²) in [6.07, 6.45) is 10.5. The van der Waals surface area contributed by atoms with Crippen molar-refractivity contribution in [2.75, 3.05) is 31.9 Å². The average molecular weight is 818 g/mol. The second-order valence-corrected chi connectivity index (χ2v) is 13.2. The summed E-state index contributed by atoms with van der Waals surface area (Å²) in [6, 6.07) is 25.1. The van der Waals surface area contributed by atoms with E-state index in [1.54, 1.807) is 60.7 Å². The number of carbonyl (C=O) groups is 4. The Morgan fingerprint density at radius 2 is 1.13 bits per heavy atom. The molecular weight excluding hydrogens is 771 g/mol. The zero-order valence-electron chi connectivity index (χ0n) is 33.2. The van der Waals surface area contributed by atoms with Gasteiger partial charge in [-0.2, -0.15) is 10.1 Å². The second-order valence-electron chi connectivity index (χ2n) is 13.2. The first-order chi connectivity index (χ1) is 29.3. The lowest BCUT2D eigenvalue weighted by atomic mass is 10.2. The van der Waals surface area contributed by atoms with Gasteiger partial charge in [-0.05, 0) is 130 Å². The molecule has 0 radical (unpaired) electrons. The molecule has 0 saturated carbocycles. The van der Waals surface area contributed by atoms with Gasteiger partial charge in [0.25, 0.3) is 0 Å². The van der Waals surface area contributed by atoms with Crippen LogP contribution in [0.3, 0.4) is 0 Å². The Balaban J connectivity index is 1.15. The Kier molecular flexibility index (Phi) is 17.5. The number of benzene rings is 4. The van der Waals surface area contributed by atoms with Crippen LogP contribution in [0.2, 0.25) is 0 Å². The summed E-state index contributed by atoms with van der Waals surface area (Å²) < 4.78 is 38.7. The Hall–Kier alpha value is -7.22. The van der Waals surface area contributed by atoms with Gasteiger partial charge in [-0.15, -0.1) is 0 Å². The normalized spacial score (nSPS) is 10.8. The molecule has 60 heavy (non-hydrogen) atoms. The van der Waals surface area contributed by atoms with Crippen LogP contribution in [0.15, 0.2) is 126 Å². The first kappa shape index (κ1) is 43.9. The van der Waals surface area contributed by atoms with Crippen LogP contribution in [-0.2, 0) is 19.1 Å². The number of ether oxygens (including phenoxy) is 6. The molecule has 0 aliphatic heterocycles. The minimum atomic E-state index is -0.626. The molecule has 0 aliphatic carbocycles. The maximum atomic E-state index is 13.3. The van der Waals surface area contributed by atoms with Crippen LogP contribution in [0.25, 0.3) is 11.1 Å². The SMILES string of the molecule is C=CC(=O)OCCCCCCOc1ccc(C(=O)Oc2ccc(OC(=O)c3ccc(OCCCCCCOC(=O)C=C)cc3)c(/C=N/Nc3nc4ccccc4o3)c2)cc1. The van der Waals surface area contributed by atoms with Crippen LogP contribution in [0.1, 0.15) is 77.6 Å². The van der Waals surface area contributed by atoms with Crippen molar-refractivity contribution < 1.29 is 52.0 Å². The number of rotatable bonds is 25. The number of nitrogens with zero attached hydrogens (tertiary/aromatic N) is 2. The molecule has 0 unspecified atom stereocenters. The molecule has 312 valence electrons. The number of para-hydroxylation sites is 2. The molecule has 0 bridgehead atoms. The summed E-state index contributed by atoms with van der Waals surface area (Å²) in [5.41, 5.74) is 4.87. The number of fused-ring (bicyclic) bond motifs is 1. The highest BCUT2D eigenvalue weighted by atomic mass is 16.5. The number of unbranched alkanes of at least 4 members (excludes halogenated alkanes) is 6. The van der Waals surface area contributed by atoms with Gasteiger partial charge in [0.15, 0.2) is 5.58 Å². The quantitative estimate of drug-likeness (QED) is 0.0148. The lowest BCUT2D eigenvalue weighted by Gasteiger charge is -2.11. The number of carbonyl (C=O) groups excluding carboxylic acids is 4. The third-order valence-electron chi connectivity index (χ3n) is 8.67. The smallest absolute Gasteiger partial charge is 0.343 e. The minimum Gasteiger partial charge on any atom is -0.494 e. The Labute approximate surface area is 347 Å². The molecule has 1 N–H and O–H groups in total. The summed E-state index contributed by atoms with van der Waals surface area (Å²) in [5.74, 6) is -0.525. The highest BCUT2D eigenvalue weighted by Crippen LogP contribution is 2.26. The van der Waals surface area contributed by atoms with Gasteiger partial charge in [0.05, 0.1) is 43.8 Å². The van der Waals surface area contributed by atoms with Crippen LogP contribution in [0.4, 0.5) is 6.01 Å². The molecule has 14 nitrogen and oxygen atoms in total. The monoisotopic (exact) mass is 817 g/mol. The minimum absolute atomic E-state index is 0.151. The summed E-state index contributed by atoms with van der Waals surface area (Å²) in [6.45, 7) is 8.47. The van der Waals surface area contributed by atoms with Gasteiger partial charge in [0.1, 0.15) is 28.5 Å². The van der Waals surface area contributed by atoms with Crippen LogP contribution < -0.4 is 24.4 Å². The molecule has 5 aromatic rings. The Bertz CT molecular complexity index is 2200.